The van der Waals surface area contributed by atoms with Crippen LogP contribution < -0.4 is 0 Å². The molecule has 0 aromatic carbocycles. The number of rotatable bonds is 2. The van der Waals surface area contributed by atoms with Gasteiger partial charge in [0.05, 0.1) is 10.6 Å². The van der Waals surface area contributed by atoms with Crippen LogP contribution >= 0.6 is 22.7 Å². The highest BCUT2D eigenvalue weighted by atomic mass is 32.1. The van der Waals surface area contributed by atoms with Gasteiger partial charge in [0.1, 0.15) is 0 Å². The Kier molecular flexibility index (Phi) is 2.48. The molecular weight excluding hydrogens is 214 g/mol. The molecule has 2 nitrogen and oxygen atoms in total. The Labute approximate surface area is 90.2 Å². The average molecular weight is 223 g/mol. The Bertz CT molecular complexity index is 456. The molecule has 2 heterocycles. The number of carbonyl (C=O) groups is 1. The maximum absolute atomic E-state index is 11.1. The Hall–Kier alpha value is -1.00. The lowest BCUT2D eigenvalue weighted by Gasteiger charge is -1.90. The molecule has 0 aliphatic carbocycles. The molecule has 0 unspecified atom stereocenters. The second-order valence-corrected chi connectivity index (χ2v) is 5.11. The van der Waals surface area contributed by atoms with E-state index in [1.165, 1.54) is 11.3 Å². The van der Waals surface area contributed by atoms with Crippen LogP contribution in [0.4, 0.5) is 0 Å². The number of thiophene rings is 1. The van der Waals surface area contributed by atoms with Crippen molar-refractivity contribution >= 4 is 28.5 Å². The summed E-state index contributed by atoms with van der Waals surface area (Å²) in [4.78, 5) is 17.7. The van der Waals surface area contributed by atoms with Crippen LogP contribution in [0.25, 0.3) is 10.6 Å². The summed E-state index contributed by atoms with van der Waals surface area (Å²) in [5, 5.41) is 2.62. The van der Waals surface area contributed by atoms with Crippen LogP contribution in [0.5, 0.6) is 0 Å². The van der Waals surface area contributed by atoms with Crippen molar-refractivity contribution in [2.24, 2.45) is 0 Å². The van der Waals surface area contributed by atoms with Crippen LogP contribution in [0.15, 0.2) is 17.5 Å². The van der Waals surface area contributed by atoms with E-state index >= 15 is 0 Å². The van der Waals surface area contributed by atoms with Crippen molar-refractivity contribution < 1.29 is 4.79 Å². The summed E-state index contributed by atoms with van der Waals surface area (Å²) in [7, 11) is 0. The molecule has 2 rings (SSSR count). The van der Waals surface area contributed by atoms with E-state index in [0.29, 0.717) is 5.01 Å². The van der Waals surface area contributed by atoms with Gasteiger partial charge in [0.2, 0.25) is 0 Å². The Morgan fingerprint density at radius 3 is 2.79 bits per heavy atom. The minimum absolute atomic E-state index is 0.0425. The molecule has 0 radical (unpaired) electrons. The predicted octanol–water partition coefficient (Wildman–Crippen LogP) is 3.38. The molecule has 0 saturated heterocycles. The number of hydrogen-bond donors (Lipinski definition) is 0. The molecule has 72 valence electrons. The minimum Gasteiger partial charge on any atom is -0.292 e. The van der Waals surface area contributed by atoms with Gasteiger partial charge < -0.3 is 0 Å². The van der Waals surface area contributed by atoms with Gasteiger partial charge in [-0.2, -0.15) is 0 Å². The lowest BCUT2D eigenvalue weighted by molar-refractivity contribution is 0.101. The van der Waals surface area contributed by atoms with Gasteiger partial charge in [0.25, 0.3) is 0 Å². The zero-order valence-corrected chi connectivity index (χ0v) is 9.54. The summed E-state index contributed by atoms with van der Waals surface area (Å²) < 4.78 is 0. The Balaban J connectivity index is 2.50. The summed E-state index contributed by atoms with van der Waals surface area (Å²) in [5.41, 5.74) is 0.954. The number of aromatic nitrogens is 1. The second kappa shape index (κ2) is 3.63. The van der Waals surface area contributed by atoms with Crippen molar-refractivity contribution in [3.8, 4) is 10.6 Å². The third-order valence-corrected chi connectivity index (χ3v) is 3.80. The van der Waals surface area contributed by atoms with Gasteiger partial charge in [0, 0.05) is 11.8 Å². The molecule has 4 heteroatoms. The molecule has 0 aliphatic heterocycles. The van der Waals surface area contributed by atoms with Crippen LogP contribution in [-0.4, -0.2) is 10.8 Å². The van der Waals surface area contributed by atoms with Crippen LogP contribution in [0.1, 0.15) is 21.6 Å². The second-order valence-electron chi connectivity index (χ2n) is 2.96. The van der Waals surface area contributed by atoms with E-state index in [2.05, 4.69) is 4.98 Å². The van der Waals surface area contributed by atoms with Crippen LogP contribution in [0.3, 0.4) is 0 Å². The Morgan fingerprint density at radius 2 is 2.29 bits per heavy atom. The number of aryl methyl sites for hydroxylation is 1. The van der Waals surface area contributed by atoms with Gasteiger partial charge in [-0.05, 0) is 18.4 Å². The zero-order chi connectivity index (χ0) is 10.1. The number of hydrogen-bond acceptors (Lipinski definition) is 4. The fraction of sp³-hybridized carbons (Fsp3) is 0.200. The first-order valence-electron chi connectivity index (χ1n) is 4.20. The summed E-state index contributed by atoms with van der Waals surface area (Å²) >= 11 is 3.11. The van der Waals surface area contributed by atoms with Gasteiger partial charge in [-0.3, -0.25) is 4.79 Å². The summed E-state index contributed by atoms with van der Waals surface area (Å²) in [5.74, 6) is 0.0425. The first-order valence-corrected chi connectivity index (χ1v) is 5.90. The summed E-state index contributed by atoms with van der Waals surface area (Å²) in [6, 6.07) is 4.02. The standard InChI is InChI=1S/C10H9NOS2/c1-6(12)10-11-9(7(2)14-10)8-4-3-5-13-8/h3-5H,1-2H3. The minimum atomic E-state index is 0.0425. The van der Waals surface area contributed by atoms with Crippen molar-refractivity contribution in [2.45, 2.75) is 13.8 Å². The third kappa shape index (κ3) is 1.63. The SMILES string of the molecule is CC(=O)c1nc(-c2cccs2)c(C)s1. The molecular formula is C10H9NOS2. The largest absolute Gasteiger partial charge is 0.292 e. The number of Topliss-reactive ketones (excluding diaryl/α,β-unsaturated/α-hetero) is 1. The van der Waals surface area contributed by atoms with E-state index in [9.17, 15) is 4.79 Å². The highest BCUT2D eigenvalue weighted by molar-refractivity contribution is 7.16. The smallest absolute Gasteiger partial charge is 0.188 e. The first kappa shape index (κ1) is 9.55. The first-order chi connectivity index (χ1) is 6.68. The number of carbonyl (C=O) groups excluding carboxylic acids is 1. The van der Waals surface area contributed by atoms with E-state index in [0.717, 1.165) is 15.4 Å². The zero-order valence-electron chi connectivity index (χ0n) is 7.90. The van der Waals surface area contributed by atoms with E-state index in [1.807, 2.05) is 24.4 Å². The molecule has 0 saturated carbocycles. The fourth-order valence-corrected chi connectivity index (χ4v) is 2.85. The maximum Gasteiger partial charge on any atom is 0.188 e. The quantitative estimate of drug-likeness (QED) is 0.730. The van der Waals surface area contributed by atoms with Gasteiger partial charge in [-0.15, -0.1) is 22.7 Å². The molecule has 0 N–H and O–H groups in total. The van der Waals surface area contributed by atoms with Crippen molar-refractivity contribution in [1.29, 1.82) is 0 Å². The van der Waals surface area contributed by atoms with Crippen molar-refractivity contribution in [2.75, 3.05) is 0 Å². The lowest BCUT2D eigenvalue weighted by Crippen LogP contribution is -1.89. The van der Waals surface area contributed by atoms with E-state index in [1.54, 1.807) is 18.3 Å². The molecule has 0 spiro atoms. The molecule has 14 heavy (non-hydrogen) atoms. The van der Waals surface area contributed by atoms with Gasteiger partial charge in [-0.25, -0.2) is 4.98 Å². The molecule has 0 fully saturated rings. The van der Waals surface area contributed by atoms with E-state index in [-0.39, 0.29) is 5.78 Å². The van der Waals surface area contributed by atoms with Crippen LogP contribution in [-0.2, 0) is 0 Å². The summed E-state index contributed by atoms with van der Waals surface area (Å²) in [6.07, 6.45) is 0. The maximum atomic E-state index is 11.1. The number of nitrogens with zero attached hydrogens (tertiary/aromatic N) is 1. The molecule has 0 atom stereocenters. The molecule has 2 aromatic rings. The monoisotopic (exact) mass is 223 g/mol. The van der Waals surface area contributed by atoms with Crippen molar-refractivity contribution in [3.63, 3.8) is 0 Å². The normalized spacial score (nSPS) is 10.4. The lowest BCUT2D eigenvalue weighted by atomic mass is 10.3. The highest BCUT2D eigenvalue weighted by Gasteiger charge is 2.12. The Morgan fingerprint density at radius 1 is 1.50 bits per heavy atom. The van der Waals surface area contributed by atoms with Crippen LogP contribution in [0, 0.1) is 6.92 Å². The van der Waals surface area contributed by atoms with Gasteiger partial charge in [0.15, 0.2) is 10.8 Å². The fourth-order valence-electron chi connectivity index (χ4n) is 1.19. The highest BCUT2D eigenvalue weighted by Crippen LogP contribution is 2.30. The third-order valence-electron chi connectivity index (χ3n) is 1.85. The number of thiazole rings is 1. The van der Waals surface area contributed by atoms with Crippen molar-refractivity contribution in [1.82, 2.24) is 4.98 Å². The topological polar surface area (TPSA) is 30.0 Å². The number of ketones is 1. The van der Waals surface area contributed by atoms with E-state index < -0.39 is 0 Å². The molecule has 0 amide bonds. The van der Waals surface area contributed by atoms with Crippen molar-refractivity contribution in [3.05, 3.63) is 27.4 Å². The predicted molar refractivity (Wildman–Crippen MR) is 60.2 cm³/mol. The van der Waals surface area contributed by atoms with Gasteiger partial charge in [-0.1, -0.05) is 6.07 Å². The van der Waals surface area contributed by atoms with E-state index in [4.69, 9.17) is 0 Å². The van der Waals surface area contributed by atoms with Crippen LogP contribution in [0.2, 0.25) is 0 Å². The molecule has 0 bridgehead atoms. The van der Waals surface area contributed by atoms with Gasteiger partial charge >= 0.3 is 0 Å². The summed E-state index contributed by atoms with van der Waals surface area (Å²) in [6.45, 7) is 3.55. The molecule has 0 aliphatic rings. The average Bonchev–Trinajstić information content (AvgIpc) is 2.71. The molecule has 2 aromatic heterocycles.